The summed E-state index contributed by atoms with van der Waals surface area (Å²) in [5.41, 5.74) is 3.59. The molecule has 1 unspecified atom stereocenters. The van der Waals surface area contributed by atoms with Gasteiger partial charge in [0.15, 0.2) is 6.04 Å². The zero-order valence-corrected chi connectivity index (χ0v) is 15.2. The Morgan fingerprint density at radius 3 is 2.81 bits per heavy atom. The number of ether oxygens (including phenoxy) is 1. The van der Waals surface area contributed by atoms with Crippen molar-refractivity contribution < 1.29 is 19.4 Å². The van der Waals surface area contributed by atoms with Gasteiger partial charge in [0.25, 0.3) is 0 Å². The molecule has 2 heterocycles. The van der Waals surface area contributed by atoms with E-state index in [0.29, 0.717) is 23.6 Å². The van der Waals surface area contributed by atoms with Crippen LogP contribution in [0.4, 0.5) is 5.69 Å². The highest BCUT2D eigenvalue weighted by atomic mass is 16.5. The number of anilines is 1. The summed E-state index contributed by atoms with van der Waals surface area (Å²) in [6, 6.07) is 4.87. The highest BCUT2D eigenvalue weighted by molar-refractivity contribution is 6.00. The minimum atomic E-state index is -0.551. The van der Waals surface area contributed by atoms with E-state index in [2.05, 4.69) is 10.4 Å². The van der Waals surface area contributed by atoms with Crippen molar-refractivity contribution >= 4 is 17.6 Å². The number of fused-ring (bicyclic) bond motifs is 3. The molecule has 1 aliphatic heterocycles. The molecule has 0 aliphatic carbocycles. The standard InChI is InChI=1S/C19H23N3O4/c1-4-26-19(25)18(11(2)3)22-9-14-13-6-5-12(10-23)7-15(13)20-17(24)8-16(14)21-22/h5-7,9,11,18,23H,4,8,10H2,1-3H3,(H,20,24). The van der Waals surface area contributed by atoms with Crippen LogP contribution in [0, 0.1) is 5.92 Å². The second kappa shape index (κ2) is 7.29. The van der Waals surface area contributed by atoms with Crippen molar-refractivity contribution in [1.82, 2.24) is 9.78 Å². The maximum atomic E-state index is 12.4. The SMILES string of the molecule is CCOC(=O)C(C(C)C)n1cc2c(n1)CC(=O)Nc1cc(CO)ccc1-2. The van der Waals surface area contributed by atoms with Crippen molar-refractivity contribution in [1.29, 1.82) is 0 Å². The van der Waals surface area contributed by atoms with E-state index in [1.165, 1.54) is 0 Å². The molecule has 0 radical (unpaired) electrons. The van der Waals surface area contributed by atoms with Crippen molar-refractivity contribution in [3.8, 4) is 11.1 Å². The first-order valence-corrected chi connectivity index (χ1v) is 8.73. The lowest BCUT2D eigenvalue weighted by atomic mass is 10.0. The zero-order valence-electron chi connectivity index (χ0n) is 15.2. The van der Waals surface area contributed by atoms with E-state index in [1.54, 1.807) is 23.9 Å². The number of amides is 1. The summed E-state index contributed by atoms with van der Waals surface area (Å²) in [4.78, 5) is 24.6. The number of hydrogen-bond acceptors (Lipinski definition) is 5. The maximum Gasteiger partial charge on any atom is 0.331 e. The molecular formula is C19H23N3O4. The fourth-order valence-electron chi connectivity index (χ4n) is 3.21. The van der Waals surface area contributed by atoms with Gasteiger partial charge in [-0.05, 0) is 24.5 Å². The lowest BCUT2D eigenvalue weighted by Gasteiger charge is -2.19. The van der Waals surface area contributed by atoms with Crippen LogP contribution in [0.1, 0.15) is 38.1 Å². The summed E-state index contributed by atoms with van der Waals surface area (Å²) in [5.74, 6) is -0.523. The third-order valence-electron chi connectivity index (χ3n) is 4.41. The Morgan fingerprint density at radius 2 is 2.15 bits per heavy atom. The second-order valence-corrected chi connectivity index (χ2v) is 6.67. The summed E-state index contributed by atoms with van der Waals surface area (Å²) in [6.45, 7) is 5.84. The van der Waals surface area contributed by atoms with Crippen LogP contribution >= 0.6 is 0 Å². The Bertz CT molecular complexity index is 841. The summed E-state index contributed by atoms with van der Waals surface area (Å²) in [7, 11) is 0. The van der Waals surface area contributed by atoms with Crippen molar-refractivity contribution in [2.24, 2.45) is 5.92 Å². The lowest BCUT2D eigenvalue weighted by molar-refractivity contribution is -0.149. The van der Waals surface area contributed by atoms with Crippen LogP contribution < -0.4 is 5.32 Å². The van der Waals surface area contributed by atoms with Crippen LogP contribution in [0.15, 0.2) is 24.4 Å². The average Bonchev–Trinajstić information content (AvgIpc) is 2.91. The third-order valence-corrected chi connectivity index (χ3v) is 4.41. The van der Waals surface area contributed by atoms with Gasteiger partial charge >= 0.3 is 5.97 Å². The van der Waals surface area contributed by atoms with Gasteiger partial charge in [-0.1, -0.05) is 26.0 Å². The van der Waals surface area contributed by atoms with Gasteiger partial charge in [0.2, 0.25) is 5.91 Å². The smallest absolute Gasteiger partial charge is 0.331 e. The summed E-state index contributed by atoms with van der Waals surface area (Å²) >= 11 is 0. The number of hydrogen-bond donors (Lipinski definition) is 2. The van der Waals surface area contributed by atoms with Crippen LogP contribution in [-0.2, 0) is 27.4 Å². The Morgan fingerprint density at radius 1 is 1.38 bits per heavy atom. The molecule has 1 atom stereocenters. The first-order chi connectivity index (χ1) is 12.4. The maximum absolute atomic E-state index is 12.4. The predicted molar refractivity (Wildman–Crippen MR) is 96.4 cm³/mol. The molecule has 7 heteroatoms. The molecule has 2 N–H and O–H groups in total. The fourth-order valence-corrected chi connectivity index (χ4v) is 3.21. The minimum Gasteiger partial charge on any atom is -0.464 e. The van der Waals surface area contributed by atoms with Gasteiger partial charge in [-0.3, -0.25) is 9.48 Å². The minimum absolute atomic E-state index is 0.0114. The fraction of sp³-hybridized carbons (Fsp3) is 0.421. The second-order valence-electron chi connectivity index (χ2n) is 6.67. The molecule has 0 fully saturated rings. The van der Waals surface area contributed by atoms with Crippen molar-refractivity contribution in [3.63, 3.8) is 0 Å². The molecule has 1 aliphatic rings. The Balaban J connectivity index is 2.09. The van der Waals surface area contributed by atoms with E-state index in [1.807, 2.05) is 26.0 Å². The highest BCUT2D eigenvalue weighted by Gasteiger charge is 2.30. The number of nitrogens with zero attached hydrogens (tertiary/aromatic N) is 2. The first-order valence-electron chi connectivity index (χ1n) is 8.73. The number of carbonyl (C=O) groups excluding carboxylic acids is 2. The number of aromatic nitrogens is 2. The van der Waals surface area contributed by atoms with E-state index in [0.717, 1.165) is 11.1 Å². The average molecular weight is 357 g/mol. The molecule has 1 amide bonds. The molecule has 0 saturated carbocycles. The lowest BCUT2D eigenvalue weighted by Crippen LogP contribution is -2.27. The quantitative estimate of drug-likeness (QED) is 0.801. The monoisotopic (exact) mass is 357 g/mol. The molecule has 1 aromatic carbocycles. The Hall–Kier alpha value is -2.67. The molecule has 0 bridgehead atoms. The molecule has 2 aromatic rings. The van der Waals surface area contributed by atoms with Crippen molar-refractivity contribution in [3.05, 3.63) is 35.7 Å². The van der Waals surface area contributed by atoms with Gasteiger partial charge in [-0.25, -0.2) is 4.79 Å². The molecule has 3 rings (SSSR count). The van der Waals surface area contributed by atoms with Crippen LogP contribution in [0.25, 0.3) is 11.1 Å². The van der Waals surface area contributed by atoms with Gasteiger partial charge in [0.05, 0.1) is 25.3 Å². The molecule has 0 spiro atoms. The largest absolute Gasteiger partial charge is 0.464 e. The van der Waals surface area contributed by atoms with Gasteiger partial charge < -0.3 is 15.2 Å². The topological polar surface area (TPSA) is 93.5 Å². The molecule has 26 heavy (non-hydrogen) atoms. The molecule has 0 saturated heterocycles. The highest BCUT2D eigenvalue weighted by Crippen LogP contribution is 2.35. The van der Waals surface area contributed by atoms with Gasteiger partial charge in [-0.15, -0.1) is 0 Å². The van der Waals surface area contributed by atoms with E-state index in [9.17, 15) is 14.7 Å². The van der Waals surface area contributed by atoms with Crippen LogP contribution in [0.5, 0.6) is 0 Å². The number of rotatable bonds is 5. The summed E-state index contributed by atoms with van der Waals surface area (Å²) < 4.78 is 6.80. The number of aliphatic hydroxyl groups excluding tert-OH is 1. The first kappa shape index (κ1) is 18.1. The zero-order chi connectivity index (χ0) is 18.8. The number of benzene rings is 1. The molecular weight excluding hydrogens is 334 g/mol. The summed E-state index contributed by atoms with van der Waals surface area (Å²) in [6.07, 6.45) is 1.92. The van der Waals surface area contributed by atoms with E-state index in [-0.39, 0.29) is 30.8 Å². The Labute approximate surface area is 152 Å². The molecule has 1 aromatic heterocycles. The summed E-state index contributed by atoms with van der Waals surface area (Å²) in [5, 5.41) is 16.7. The van der Waals surface area contributed by atoms with Crippen molar-refractivity contribution in [2.45, 2.75) is 39.8 Å². The van der Waals surface area contributed by atoms with Crippen LogP contribution in [0.3, 0.4) is 0 Å². The van der Waals surface area contributed by atoms with Crippen LogP contribution in [-0.4, -0.2) is 33.4 Å². The van der Waals surface area contributed by atoms with E-state index >= 15 is 0 Å². The number of carbonyl (C=O) groups is 2. The van der Waals surface area contributed by atoms with Gasteiger partial charge in [0.1, 0.15) is 0 Å². The number of nitrogens with one attached hydrogen (secondary N) is 1. The third kappa shape index (κ3) is 3.35. The Kier molecular flexibility index (Phi) is 5.08. The number of esters is 1. The predicted octanol–water partition coefficient (Wildman–Crippen LogP) is 2.30. The van der Waals surface area contributed by atoms with E-state index in [4.69, 9.17) is 4.74 Å². The van der Waals surface area contributed by atoms with Crippen LogP contribution in [0.2, 0.25) is 0 Å². The van der Waals surface area contributed by atoms with Gasteiger partial charge in [0, 0.05) is 23.0 Å². The molecule has 138 valence electrons. The van der Waals surface area contributed by atoms with Crippen molar-refractivity contribution in [2.75, 3.05) is 11.9 Å². The van der Waals surface area contributed by atoms with E-state index < -0.39 is 6.04 Å². The number of aliphatic hydroxyl groups is 1. The van der Waals surface area contributed by atoms with Gasteiger partial charge in [-0.2, -0.15) is 5.10 Å². The molecule has 7 nitrogen and oxygen atoms in total. The normalized spacial score (nSPS) is 14.3.